The van der Waals surface area contributed by atoms with Crippen molar-refractivity contribution in [1.29, 1.82) is 0 Å². The van der Waals surface area contributed by atoms with Crippen LogP contribution >= 0.6 is 12.6 Å². The summed E-state index contributed by atoms with van der Waals surface area (Å²) in [6, 6.07) is 3.63. The van der Waals surface area contributed by atoms with E-state index in [0.717, 1.165) is 17.9 Å². The number of allylic oxidation sites excluding steroid dienone is 1. The molecule has 14 heavy (non-hydrogen) atoms. The van der Waals surface area contributed by atoms with Gasteiger partial charge >= 0.3 is 0 Å². The summed E-state index contributed by atoms with van der Waals surface area (Å²) in [5.41, 5.74) is 1.52. The van der Waals surface area contributed by atoms with Crippen LogP contribution in [0.25, 0.3) is 6.08 Å². The first-order chi connectivity index (χ1) is 6.74. The molecule has 0 saturated carbocycles. The maximum absolute atomic E-state index is 10.9. The minimum Gasteiger partial charge on any atom is -0.294 e. The molecule has 0 bridgehead atoms. The standard InChI is InChI=1S/C11H13NOS/c1-9(13)10-5-6-11(12-8-10)4-2-3-7-14/h2,4-6,8,14H,3,7H2,1H3. The van der Waals surface area contributed by atoms with Gasteiger partial charge in [0.15, 0.2) is 5.78 Å². The Labute approximate surface area is 89.5 Å². The Hall–Kier alpha value is -1.09. The van der Waals surface area contributed by atoms with Gasteiger partial charge in [-0.2, -0.15) is 12.6 Å². The summed E-state index contributed by atoms with van der Waals surface area (Å²) in [6.45, 7) is 1.54. The second-order valence-corrected chi connectivity index (χ2v) is 3.39. The smallest absolute Gasteiger partial charge is 0.161 e. The largest absolute Gasteiger partial charge is 0.294 e. The Balaban J connectivity index is 2.68. The first-order valence-electron chi connectivity index (χ1n) is 4.48. The molecule has 0 radical (unpaired) electrons. The topological polar surface area (TPSA) is 30.0 Å². The lowest BCUT2D eigenvalue weighted by Gasteiger charge is -1.95. The summed E-state index contributed by atoms with van der Waals surface area (Å²) >= 11 is 4.09. The Kier molecular flexibility index (Phi) is 4.40. The highest BCUT2D eigenvalue weighted by atomic mass is 32.1. The quantitative estimate of drug-likeness (QED) is 0.607. The van der Waals surface area contributed by atoms with Gasteiger partial charge in [-0.05, 0) is 37.3 Å². The predicted molar refractivity (Wildman–Crippen MR) is 61.7 cm³/mol. The molecule has 0 aliphatic heterocycles. The number of pyridine rings is 1. The third-order valence-corrected chi connectivity index (χ3v) is 2.04. The molecule has 3 heteroatoms. The van der Waals surface area contributed by atoms with E-state index in [9.17, 15) is 4.79 Å². The third kappa shape index (κ3) is 3.34. The molecule has 1 heterocycles. The van der Waals surface area contributed by atoms with Gasteiger partial charge in [0.25, 0.3) is 0 Å². The SMILES string of the molecule is CC(=O)c1ccc(C=CCCS)nc1. The van der Waals surface area contributed by atoms with Crippen molar-refractivity contribution in [3.8, 4) is 0 Å². The van der Waals surface area contributed by atoms with Crippen LogP contribution in [0.4, 0.5) is 0 Å². The zero-order valence-corrected chi connectivity index (χ0v) is 9.00. The van der Waals surface area contributed by atoms with Crippen molar-refractivity contribution in [2.75, 3.05) is 5.75 Å². The lowest BCUT2D eigenvalue weighted by atomic mass is 10.2. The fourth-order valence-electron chi connectivity index (χ4n) is 0.991. The van der Waals surface area contributed by atoms with Crippen molar-refractivity contribution in [3.63, 3.8) is 0 Å². The maximum atomic E-state index is 10.9. The van der Waals surface area contributed by atoms with Crippen LogP contribution in [0.15, 0.2) is 24.4 Å². The van der Waals surface area contributed by atoms with Gasteiger partial charge in [-0.15, -0.1) is 0 Å². The summed E-state index contributed by atoms with van der Waals surface area (Å²) in [7, 11) is 0. The summed E-state index contributed by atoms with van der Waals surface area (Å²) in [5, 5.41) is 0. The highest BCUT2D eigenvalue weighted by molar-refractivity contribution is 7.80. The molecule has 0 saturated heterocycles. The van der Waals surface area contributed by atoms with Gasteiger partial charge in [-0.3, -0.25) is 9.78 Å². The van der Waals surface area contributed by atoms with Crippen molar-refractivity contribution < 1.29 is 4.79 Å². The van der Waals surface area contributed by atoms with Gasteiger partial charge in [0.2, 0.25) is 0 Å². The van der Waals surface area contributed by atoms with Gasteiger partial charge in [0, 0.05) is 11.8 Å². The average Bonchev–Trinajstić information content (AvgIpc) is 2.19. The van der Waals surface area contributed by atoms with E-state index in [1.54, 1.807) is 12.3 Å². The van der Waals surface area contributed by atoms with E-state index < -0.39 is 0 Å². The Bertz CT molecular complexity index is 330. The second kappa shape index (κ2) is 5.60. The molecule has 0 spiro atoms. The molecule has 1 rings (SSSR count). The van der Waals surface area contributed by atoms with Crippen LogP contribution in [0.3, 0.4) is 0 Å². The number of carbonyl (C=O) groups is 1. The lowest BCUT2D eigenvalue weighted by molar-refractivity contribution is 0.101. The Morgan fingerprint density at radius 2 is 2.36 bits per heavy atom. The molecule has 1 aromatic heterocycles. The van der Waals surface area contributed by atoms with E-state index >= 15 is 0 Å². The third-order valence-electron chi connectivity index (χ3n) is 1.78. The average molecular weight is 207 g/mol. The fraction of sp³-hybridized carbons (Fsp3) is 0.273. The number of Topliss-reactive ketones (excluding diaryl/α,β-unsaturated/α-hetero) is 1. The van der Waals surface area contributed by atoms with Gasteiger partial charge in [-0.1, -0.05) is 6.08 Å². The van der Waals surface area contributed by atoms with Gasteiger partial charge in [0.1, 0.15) is 0 Å². The molecule has 74 valence electrons. The number of hydrogen-bond acceptors (Lipinski definition) is 3. The van der Waals surface area contributed by atoms with E-state index in [-0.39, 0.29) is 5.78 Å². The van der Waals surface area contributed by atoms with E-state index in [2.05, 4.69) is 17.6 Å². The predicted octanol–water partition coefficient (Wildman–Crippen LogP) is 2.62. The Morgan fingerprint density at radius 3 is 2.86 bits per heavy atom. The van der Waals surface area contributed by atoms with E-state index in [1.807, 2.05) is 18.2 Å². The molecule has 0 unspecified atom stereocenters. The molecule has 0 atom stereocenters. The second-order valence-electron chi connectivity index (χ2n) is 2.94. The minimum absolute atomic E-state index is 0.0448. The van der Waals surface area contributed by atoms with Crippen LogP contribution in [0.1, 0.15) is 29.4 Å². The normalized spacial score (nSPS) is 10.7. The molecule has 0 fully saturated rings. The van der Waals surface area contributed by atoms with Crippen LogP contribution in [0, 0.1) is 0 Å². The van der Waals surface area contributed by atoms with Gasteiger partial charge in [-0.25, -0.2) is 0 Å². The van der Waals surface area contributed by atoms with Gasteiger partial charge in [0.05, 0.1) is 5.69 Å². The van der Waals surface area contributed by atoms with Crippen molar-refractivity contribution >= 4 is 24.5 Å². The highest BCUT2D eigenvalue weighted by Crippen LogP contribution is 2.03. The summed E-state index contributed by atoms with van der Waals surface area (Å²) in [5.74, 6) is 0.880. The summed E-state index contributed by atoms with van der Waals surface area (Å²) < 4.78 is 0. The first-order valence-corrected chi connectivity index (χ1v) is 5.11. The zero-order valence-electron chi connectivity index (χ0n) is 8.10. The molecule has 0 aromatic carbocycles. The first kappa shape index (κ1) is 11.0. The van der Waals surface area contributed by atoms with Crippen LogP contribution in [-0.4, -0.2) is 16.5 Å². The summed E-state index contributed by atoms with van der Waals surface area (Å²) in [4.78, 5) is 15.1. The van der Waals surface area contributed by atoms with Crippen molar-refractivity contribution in [3.05, 3.63) is 35.7 Å². The number of aromatic nitrogens is 1. The van der Waals surface area contributed by atoms with Crippen molar-refractivity contribution in [2.45, 2.75) is 13.3 Å². The number of nitrogens with zero attached hydrogens (tertiary/aromatic N) is 1. The van der Waals surface area contributed by atoms with Crippen molar-refractivity contribution in [2.24, 2.45) is 0 Å². The maximum Gasteiger partial charge on any atom is 0.161 e. The van der Waals surface area contributed by atoms with E-state index in [4.69, 9.17) is 0 Å². The number of thiol groups is 1. The van der Waals surface area contributed by atoms with Crippen LogP contribution < -0.4 is 0 Å². The molecule has 0 N–H and O–H groups in total. The minimum atomic E-state index is 0.0448. The molecule has 0 amide bonds. The van der Waals surface area contributed by atoms with Crippen LogP contribution in [0.2, 0.25) is 0 Å². The van der Waals surface area contributed by atoms with E-state index in [0.29, 0.717) is 5.56 Å². The highest BCUT2D eigenvalue weighted by Gasteiger charge is 1.97. The molecule has 2 nitrogen and oxygen atoms in total. The number of ketones is 1. The molecular formula is C11H13NOS. The lowest BCUT2D eigenvalue weighted by Crippen LogP contribution is -1.93. The van der Waals surface area contributed by atoms with E-state index in [1.165, 1.54) is 6.92 Å². The summed E-state index contributed by atoms with van der Waals surface area (Å²) in [6.07, 6.45) is 6.48. The van der Waals surface area contributed by atoms with Crippen LogP contribution in [-0.2, 0) is 0 Å². The number of hydrogen-bond donors (Lipinski definition) is 1. The number of carbonyl (C=O) groups excluding carboxylic acids is 1. The molecule has 1 aromatic rings. The molecular weight excluding hydrogens is 194 g/mol. The zero-order chi connectivity index (χ0) is 10.4. The monoisotopic (exact) mass is 207 g/mol. The van der Waals surface area contributed by atoms with Crippen molar-refractivity contribution in [1.82, 2.24) is 4.98 Å². The number of rotatable bonds is 4. The Morgan fingerprint density at radius 1 is 1.57 bits per heavy atom. The molecule has 0 aliphatic rings. The molecule has 0 aliphatic carbocycles. The van der Waals surface area contributed by atoms with Crippen LogP contribution in [0.5, 0.6) is 0 Å². The fourth-order valence-corrected chi connectivity index (χ4v) is 1.14. The van der Waals surface area contributed by atoms with Gasteiger partial charge < -0.3 is 0 Å².